The first-order valence-corrected chi connectivity index (χ1v) is 12.0. The second-order valence-corrected chi connectivity index (χ2v) is 9.42. The van der Waals surface area contributed by atoms with Crippen molar-refractivity contribution < 1.29 is 13.2 Å². The second kappa shape index (κ2) is 9.09. The van der Waals surface area contributed by atoms with Crippen LogP contribution in [0.3, 0.4) is 0 Å². The normalized spacial score (nSPS) is 11.5. The Kier molecular flexibility index (Phi) is 6.22. The summed E-state index contributed by atoms with van der Waals surface area (Å²) in [6.07, 6.45) is 1.69. The molecule has 168 valence electrons. The third-order valence-corrected chi connectivity index (χ3v) is 7.00. The largest absolute Gasteiger partial charge is 0.322 e. The summed E-state index contributed by atoms with van der Waals surface area (Å²) in [5.74, 6) is -0.315. The van der Waals surface area contributed by atoms with Crippen LogP contribution in [0.2, 0.25) is 0 Å². The maximum Gasteiger partial charge on any atom is 0.256 e. The number of hydrogen-bond acceptors (Lipinski definition) is 5. The van der Waals surface area contributed by atoms with Crippen LogP contribution < -0.4 is 10.0 Å². The molecule has 2 N–H and O–H groups in total. The van der Waals surface area contributed by atoms with Crippen molar-refractivity contribution >= 4 is 32.5 Å². The van der Waals surface area contributed by atoms with Crippen molar-refractivity contribution in [3.63, 3.8) is 0 Å². The SMILES string of the molecule is CCNS(=O)(=O)c1ccc(NC(=O)c2cc(-c3ccccn3)nc3c(C)c(C)ccc23)cc1. The first-order chi connectivity index (χ1) is 15.8. The van der Waals surface area contributed by atoms with Crippen LogP contribution in [0.5, 0.6) is 0 Å². The highest BCUT2D eigenvalue weighted by atomic mass is 32.2. The number of fused-ring (bicyclic) bond motifs is 1. The van der Waals surface area contributed by atoms with Gasteiger partial charge in [-0.1, -0.05) is 25.1 Å². The van der Waals surface area contributed by atoms with Crippen molar-refractivity contribution in [2.24, 2.45) is 0 Å². The number of carbonyl (C=O) groups is 1. The van der Waals surface area contributed by atoms with E-state index in [1.165, 1.54) is 12.1 Å². The van der Waals surface area contributed by atoms with Crippen molar-refractivity contribution in [1.82, 2.24) is 14.7 Å². The van der Waals surface area contributed by atoms with Crippen LogP contribution in [0.4, 0.5) is 5.69 Å². The molecule has 0 bridgehead atoms. The molecular weight excluding hydrogens is 436 g/mol. The summed E-state index contributed by atoms with van der Waals surface area (Å²) in [6.45, 7) is 6.01. The van der Waals surface area contributed by atoms with Crippen LogP contribution in [-0.4, -0.2) is 30.8 Å². The van der Waals surface area contributed by atoms with Crippen molar-refractivity contribution in [3.05, 3.63) is 83.6 Å². The maximum atomic E-state index is 13.3. The van der Waals surface area contributed by atoms with Gasteiger partial charge >= 0.3 is 0 Å². The number of rotatable bonds is 6. The fourth-order valence-electron chi connectivity index (χ4n) is 3.55. The van der Waals surface area contributed by atoms with Gasteiger partial charge in [-0.2, -0.15) is 0 Å². The number of hydrogen-bond donors (Lipinski definition) is 2. The number of benzene rings is 2. The Balaban J connectivity index is 1.74. The molecule has 2 heterocycles. The Hall–Kier alpha value is -3.62. The van der Waals surface area contributed by atoms with Crippen molar-refractivity contribution in [2.75, 3.05) is 11.9 Å². The Morgan fingerprint density at radius 1 is 0.970 bits per heavy atom. The summed E-state index contributed by atoms with van der Waals surface area (Å²) in [4.78, 5) is 22.6. The standard InChI is InChI=1S/C25H24N4O3S/c1-4-27-33(31,32)19-11-9-18(10-12-19)28-25(30)21-15-23(22-7-5-6-14-26-22)29-24-17(3)16(2)8-13-20(21)24/h5-15,27H,4H2,1-3H3,(H,28,30). The third-order valence-electron chi connectivity index (χ3n) is 5.43. The Morgan fingerprint density at radius 2 is 1.73 bits per heavy atom. The number of carbonyl (C=O) groups excluding carboxylic acids is 1. The van der Waals surface area contributed by atoms with Crippen LogP contribution in [0.25, 0.3) is 22.3 Å². The molecule has 8 heteroatoms. The van der Waals surface area contributed by atoms with Gasteiger partial charge in [0, 0.05) is 23.8 Å². The van der Waals surface area contributed by atoms with Gasteiger partial charge in [0.25, 0.3) is 5.91 Å². The van der Waals surface area contributed by atoms with E-state index < -0.39 is 10.0 Å². The number of aryl methyl sites for hydroxylation is 2. The Morgan fingerprint density at radius 3 is 2.39 bits per heavy atom. The van der Waals surface area contributed by atoms with Gasteiger partial charge in [-0.25, -0.2) is 18.1 Å². The molecule has 1 amide bonds. The fraction of sp³-hybridized carbons (Fsp3) is 0.160. The molecular formula is C25H24N4O3S. The number of anilines is 1. The topological polar surface area (TPSA) is 101 Å². The molecule has 0 atom stereocenters. The van der Waals surface area contributed by atoms with Crippen LogP contribution in [-0.2, 0) is 10.0 Å². The monoisotopic (exact) mass is 460 g/mol. The van der Waals surface area contributed by atoms with Gasteiger partial charge in [0.15, 0.2) is 0 Å². The van der Waals surface area contributed by atoms with Crippen LogP contribution in [0, 0.1) is 13.8 Å². The molecule has 7 nitrogen and oxygen atoms in total. The van der Waals surface area contributed by atoms with E-state index in [1.54, 1.807) is 31.3 Å². The van der Waals surface area contributed by atoms with Crippen molar-refractivity contribution in [3.8, 4) is 11.4 Å². The molecule has 0 unspecified atom stereocenters. The van der Waals surface area contributed by atoms with Gasteiger partial charge in [0.1, 0.15) is 0 Å². The molecule has 0 aliphatic heterocycles. The predicted octanol–water partition coefficient (Wildman–Crippen LogP) is 4.46. The highest BCUT2D eigenvalue weighted by molar-refractivity contribution is 7.89. The van der Waals surface area contributed by atoms with Crippen LogP contribution in [0.15, 0.2) is 71.8 Å². The first kappa shape index (κ1) is 22.6. The molecule has 0 aliphatic rings. The smallest absolute Gasteiger partial charge is 0.256 e. The van der Waals surface area contributed by atoms with Crippen molar-refractivity contribution in [1.29, 1.82) is 0 Å². The quantitative estimate of drug-likeness (QED) is 0.442. The van der Waals surface area contributed by atoms with E-state index in [9.17, 15) is 13.2 Å². The fourth-order valence-corrected chi connectivity index (χ4v) is 4.59. The molecule has 4 rings (SSSR count). The molecule has 0 spiro atoms. The minimum atomic E-state index is -3.56. The molecule has 0 fully saturated rings. The lowest BCUT2D eigenvalue weighted by atomic mass is 9.99. The minimum absolute atomic E-state index is 0.139. The third kappa shape index (κ3) is 4.62. The van der Waals surface area contributed by atoms with E-state index in [2.05, 4.69) is 15.0 Å². The van der Waals surface area contributed by atoms with E-state index >= 15 is 0 Å². The number of aromatic nitrogens is 2. The Labute approximate surface area is 193 Å². The van der Waals surface area contributed by atoms with E-state index in [4.69, 9.17) is 4.98 Å². The van der Waals surface area contributed by atoms with E-state index in [-0.39, 0.29) is 10.8 Å². The molecule has 0 saturated carbocycles. The summed E-state index contributed by atoms with van der Waals surface area (Å²) in [6, 6.07) is 17.2. The first-order valence-electron chi connectivity index (χ1n) is 10.5. The zero-order valence-electron chi connectivity index (χ0n) is 18.6. The van der Waals surface area contributed by atoms with Gasteiger partial charge in [-0.3, -0.25) is 9.78 Å². The molecule has 4 aromatic rings. The van der Waals surface area contributed by atoms with Crippen molar-refractivity contribution in [2.45, 2.75) is 25.7 Å². The van der Waals surface area contributed by atoms with E-state index in [0.29, 0.717) is 29.2 Å². The average molecular weight is 461 g/mol. The zero-order valence-corrected chi connectivity index (χ0v) is 19.4. The highest BCUT2D eigenvalue weighted by Crippen LogP contribution is 2.28. The van der Waals surface area contributed by atoms with E-state index in [1.807, 2.05) is 44.2 Å². The van der Waals surface area contributed by atoms with E-state index in [0.717, 1.165) is 22.0 Å². The minimum Gasteiger partial charge on any atom is -0.322 e. The number of sulfonamides is 1. The summed E-state index contributed by atoms with van der Waals surface area (Å²) < 4.78 is 26.8. The summed E-state index contributed by atoms with van der Waals surface area (Å²) in [7, 11) is -3.56. The molecule has 33 heavy (non-hydrogen) atoms. The second-order valence-electron chi connectivity index (χ2n) is 7.65. The molecule has 0 aliphatic carbocycles. The molecule has 2 aromatic heterocycles. The number of pyridine rings is 2. The lowest BCUT2D eigenvalue weighted by molar-refractivity contribution is 0.102. The highest BCUT2D eigenvalue weighted by Gasteiger charge is 2.17. The molecule has 0 saturated heterocycles. The summed E-state index contributed by atoms with van der Waals surface area (Å²) in [5.41, 5.74) is 5.06. The van der Waals surface area contributed by atoms with Gasteiger partial charge in [-0.15, -0.1) is 0 Å². The summed E-state index contributed by atoms with van der Waals surface area (Å²) >= 11 is 0. The van der Waals surface area contributed by atoms with Gasteiger partial charge in [0.05, 0.1) is 27.4 Å². The lowest BCUT2D eigenvalue weighted by Gasteiger charge is -2.13. The van der Waals surface area contributed by atoms with Crippen LogP contribution >= 0.6 is 0 Å². The Bertz CT molecular complexity index is 1430. The summed E-state index contributed by atoms with van der Waals surface area (Å²) in [5, 5.41) is 3.61. The zero-order chi connectivity index (χ0) is 23.6. The number of nitrogens with one attached hydrogen (secondary N) is 2. The van der Waals surface area contributed by atoms with Gasteiger partial charge < -0.3 is 5.32 Å². The lowest BCUT2D eigenvalue weighted by Crippen LogP contribution is -2.23. The number of amides is 1. The molecule has 2 aromatic carbocycles. The van der Waals surface area contributed by atoms with Gasteiger partial charge in [-0.05, 0) is 67.4 Å². The molecule has 0 radical (unpaired) electrons. The average Bonchev–Trinajstić information content (AvgIpc) is 2.82. The van der Waals surface area contributed by atoms with Crippen LogP contribution in [0.1, 0.15) is 28.4 Å². The van der Waals surface area contributed by atoms with Gasteiger partial charge in [0.2, 0.25) is 10.0 Å². The number of nitrogens with zero attached hydrogens (tertiary/aromatic N) is 2. The maximum absolute atomic E-state index is 13.3. The predicted molar refractivity (Wildman–Crippen MR) is 130 cm³/mol.